The molecule has 5 rings (SSSR count). The van der Waals surface area contributed by atoms with Gasteiger partial charge >= 0.3 is 7.15 Å². The van der Waals surface area contributed by atoms with Gasteiger partial charge in [0.05, 0.1) is 18.6 Å². The van der Waals surface area contributed by atoms with Crippen LogP contribution in [0, 0.1) is 0 Å². The molecular weight excluding hydrogens is 757 g/mol. The normalized spacial score (nSPS) is 26.2. The van der Waals surface area contributed by atoms with Gasteiger partial charge in [0.2, 0.25) is 5.91 Å². The number of hydrogen-bond donors (Lipinski definition) is 2. The number of rotatable bonds is 12. The topological polar surface area (TPSA) is 128 Å². The van der Waals surface area contributed by atoms with Crippen molar-refractivity contribution in [2.75, 3.05) is 18.5 Å². The van der Waals surface area contributed by atoms with Gasteiger partial charge in [-0.2, -0.15) is 13.6 Å². The van der Waals surface area contributed by atoms with Crippen LogP contribution in [-0.4, -0.2) is 73.6 Å². The van der Waals surface area contributed by atoms with Crippen LogP contribution < -0.4 is 5.32 Å². The van der Waals surface area contributed by atoms with Crippen LogP contribution >= 0.6 is 31.0 Å². The number of fused-ring (bicyclic) bond motifs is 1. The van der Waals surface area contributed by atoms with Gasteiger partial charge in [0, 0.05) is 17.9 Å². The fraction of sp³-hybridized carbons (Fsp3) is 0.657. The molecule has 4 heterocycles. The number of hydrogen-bond acceptors (Lipinski definition) is 11. The molecule has 0 bridgehead atoms. The summed E-state index contributed by atoms with van der Waals surface area (Å²) in [6.07, 6.45) is 2.15. The summed E-state index contributed by atoms with van der Waals surface area (Å²) in [6.45, 7) is 24.6. The molecular formula is C35H56ClN5O7PSSi2+. The van der Waals surface area contributed by atoms with Crippen molar-refractivity contribution in [1.82, 2.24) is 19.5 Å². The summed E-state index contributed by atoms with van der Waals surface area (Å²) in [5.74, 6) is 0.209. The highest BCUT2D eigenvalue weighted by atomic mass is 35.5. The Labute approximate surface area is 321 Å². The highest BCUT2D eigenvalue weighted by molar-refractivity contribution is 8.47. The van der Waals surface area contributed by atoms with Gasteiger partial charge in [0.25, 0.3) is 0 Å². The zero-order valence-electron chi connectivity index (χ0n) is 32.3. The number of nitrogens with one attached hydrogen (secondary N) is 1. The summed E-state index contributed by atoms with van der Waals surface area (Å²) >= 11 is 11.2. The largest absolute Gasteiger partial charge is 0.478 e. The number of carbonyl (C=O) groups excluding carboxylic acids is 1. The Bertz CT molecular complexity index is 1720. The first-order chi connectivity index (χ1) is 24.1. The molecule has 2 aliphatic rings. The van der Waals surface area contributed by atoms with E-state index in [-0.39, 0.29) is 28.7 Å². The lowest BCUT2D eigenvalue weighted by Crippen LogP contribution is -2.54. The second-order valence-corrected chi connectivity index (χ2v) is 29.7. The Morgan fingerprint density at radius 3 is 2.37 bits per heavy atom. The van der Waals surface area contributed by atoms with Crippen LogP contribution in [0.25, 0.3) is 11.2 Å². The molecule has 52 heavy (non-hydrogen) atoms. The molecule has 1 N–H and O–H groups in total. The lowest BCUT2D eigenvalue weighted by molar-refractivity contribution is -0.116. The molecule has 0 saturated carbocycles. The van der Waals surface area contributed by atoms with Crippen molar-refractivity contribution in [2.24, 2.45) is 0 Å². The molecule has 0 aliphatic carbocycles. The Kier molecular flexibility index (Phi) is 12.8. The Morgan fingerprint density at radius 1 is 1.06 bits per heavy atom. The minimum atomic E-state index is -3.08. The van der Waals surface area contributed by atoms with Gasteiger partial charge in [0.1, 0.15) is 44.0 Å². The van der Waals surface area contributed by atoms with E-state index < -0.39 is 48.3 Å². The number of benzene rings is 1. The number of aromatic nitrogens is 4. The van der Waals surface area contributed by atoms with Crippen LogP contribution in [0.3, 0.4) is 0 Å². The van der Waals surface area contributed by atoms with E-state index >= 15 is 0 Å². The van der Waals surface area contributed by atoms with E-state index in [9.17, 15) is 4.79 Å². The number of nitrogens with zero attached hydrogens (tertiary/aromatic N) is 4. The monoisotopic (exact) mass is 812 g/mol. The molecule has 3 aromatic rings. The van der Waals surface area contributed by atoms with Crippen molar-refractivity contribution in [1.29, 1.82) is 0 Å². The van der Waals surface area contributed by atoms with Crippen LogP contribution in [0.4, 0.5) is 5.82 Å². The van der Waals surface area contributed by atoms with E-state index in [1.165, 1.54) is 6.33 Å². The first kappa shape index (κ1) is 41.7. The van der Waals surface area contributed by atoms with Crippen molar-refractivity contribution >= 4 is 70.5 Å². The second-order valence-electron chi connectivity index (χ2n) is 16.6. The minimum Gasteiger partial charge on any atom is -0.408 e. The number of halogens is 1. The van der Waals surface area contributed by atoms with E-state index in [1.54, 1.807) is 6.33 Å². The quantitative estimate of drug-likeness (QED) is 0.104. The number of ether oxygens (including phenoxy) is 1. The molecule has 1 amide bonds. The smallest absolute Gasteiger partial charge is 0.408 e. The molecule has 6 atom stereocenters. The van der Waals surface area contributed by atoms with E-state index in [1.807, 2.05) is 35.8 Å². The zero-order chi connectivity index (χ0) is 38.3. The van der Waals surface area contributed by atoms with E-state index in [0.29, 0.717) is 47.9 Å². The Balaban J connectivity index is 1.53. The van der Waals surface area contributed by atoms with Gasteiger partial charge in [-0.25, -0.2) is 15.0 Å². The van der Waals surface area contributed by atoms with Gasteiger partial charge in [-0.3, -0.25) is 9.36 Å². The van der Waals surface area contributed by atoms with Crippen molar-refractivity contribution in [3.8, 4) is 0 Å². The first-order valence-corrected chi connectivity index (χ1v) is 26.9. The summed E-state index contributed by atoms with van der Waals surface area (Å²) in [7, 11) is -7.91. The predicted octanol–water partition coefficient (Wildman–Crippen LogP) is 9.70. The SMILES string of the molecule is CCCC(=O)Nc1ncnc2c1ncn2C1OC(CO[P+]2(S)OCCC(c3cccc(Cl)c3)O2)C(O[Si](C)(C)C(C)(C)C)C1O[Si](C)(C)C(C)(C)C. The number of imidazole rings is 1. The zero-order valence-corrected chi connectivity index (χ0v) is 36.9. The molecule has 2 aliphatic heterocycles. The van der Waals surface area contributed by atoms with Gasteiger partial charge < -0.3 is 18.9 Å². The maximum atomic E-state index is 12.6. The van der Waals surface area contributed by atoms with Gasteiger partial charge in [-0.05, 0) is 60.4 Å². The fourth-order valence-corrected chi connectivity index (χ4v) is 10.6. The van der Waals surface area contributed by atoms with Crippen LogP contribution in [0.5, 0.6) is 0 Å². The standard InChI is InChI=1S/C35H55ClN5O7PSSi2/c1-12-14-27(42)40-31-28-32(38-21-37-31)41(22-39-28)33-30(48-52(10,11)35(5,6)7)29(47-51(8,9)34(2,3)4)26(45-33)20-44-49(50)43-18-17-25(46-49)23-15-13-16-24(36)19-23/h13,15-16,19,21-22,25-26,29-30,33,50H,12,14,17-18,20H2,1-11H3/p+1. The first-order valence-electron chi connectivity index (χ1n) is 18.0. The maximum absolute atomic E-state index is 12.6. The highest BCUT2D eigenvalue weighted by Gasteiger charge is 2.57. The molecule has 17 heteroatoms. The van der Waals surface area contributed by atoms with E-state index in [0.717, 1.165) is 5.56 Å². The second kappa shape index (κ2) is 15.9. The molecule has 1 aromatic carbocycles. The van der Waals surface area contributed by atoms with Gasteiger partial charge in [-0.15, -0.1) is 0 Å². The van der Waals surface area contributed by atoms with E-state index in [4.69, 9.17) is 51.0 Å². The van der Waals surface area contributed by atoms with Crippen LogP contribution in [-0.2, 0) is 32.0 Å². The fourth-order valence-electron chi connectivity index (χ4n) is 5.61. The van der Waals surface area contributed by atoms with E-state index in [2.05, 4.69) is 88.0 Å². The maximum Gasteiger partial charge on any atom is 0.478 e. The minimum absolute atomic E-state index is 0.0760. The van der Waals surface area contributed by atoms with Crippen LogP contribution in [0.1, 0.15) is 85.6 Å². The number of thiol groups is 1. The number of amides is 1. The Hall–Kier alpha value is -1.50. The predicted molar refractivity (Wildman–Crippen MR) is 215 cm³/mol. The van der Waals surface area contributed by atoms with Crippen molar-refractivity contribution in [3.05, 3.63) is 47.5 Å². The lowest BCUT2D eigenvalue weighted by atomic mass is 10.1. The molecule has 0 radical (unpaired) electrons. The molecule has 2 aromatic heterocycles. The van der Waals surface area contributed by atoms with Gasteiger partial charge in [0.15, 0.2) is 39.8 Å². The third-order valence-electron chi connectivity index (χ3n) is 10.6. The number of anilines is 1. The van der Waals surface area contributed by atoms with Crippen molar-refractivity contribution < 1.29 is 32.0 Å². The van der Waals surface area contributed by atoms with Gasteiger partial charge in [-0.1, -0.05) is 72.2 Å². The van der Waals surface area contributed by atoms with Crippen LogP contribution in [0.2, 0.25) is 41.3 Å². The highest BCUT2D eigenvalue weighted by Crippen LogP contribution is 2.71. The summed E-state index contributed by atoms with van der Waals surface area (Å²) in [4.78, 5) is 26.2. The van der Waals surface area contributed by atoms with Crippen LogP contribution in [0.15, 0.2) is 36.9 Å². The molecule has 288 valence electrons. The van der Waals surface area contributed by atoms with Crippen molar-refractivity contribution in [2.45, 2.75) is 135 Å². The molecule has 0 spiro atoms. The summed E-state index contributed by atoms with van der Waals surface area (Å²) in [5, 5.41) is 3.32. The average molecular weight is 814 g/mol. The Morgan fingerprint density at radius 2 is 1.73 bits per heavy atom. The third-order valence-corrected chi connectivity index (χ3v) is 22.3. The lowest BCUT2D eigenvalue weighted by Gasteiger charge is -2.44. The number of carbonyl (C=O) groups is 1. The molecule has 2 fully saturated rings. The molecule has 2 saturated heterocycles. The molecule has 6 unspecified atom stereocenters. The molecule has 12 nitrogen and oxygen atoms in total. The summed E-state index contributed by atoms with van der Waals surface area (Å²) in [5.41, 5.74) is 1.90. The average Bonchev–Trinajstić information content (AvgIpc) is 3.60. The summed E-state index contributed by atoms with van der Waals surface area (Å²) < 4.78 is 42.4. The van der Waals surface area contributed by atoms with Crippen molar-refractivity contribution in [3.63, 3.8) is 0 Å². The third kappa shape index (κ3) is 9.30. The summed E-state index contributed by atoms with van der Waals surface area (Å²) in [6, 6.07) is 7.62.